The van der Waals surface area contributed by atoms with E-state index < -0.39 is 0 Å². The number of likely N-dealkylation sites (tertiary alicyclic amines) is 1. The highest BCUT2D eigenvalue weighted by Crippen LogP contribution is 2.59. The number of amides is 1. The van der Waals surface area contributed by atoms with Gasteiger partial charge in [0.15, 0.2) is 5.82 Å². The normalized spacial score (nSPS) is 29.6. The van der Waals surface area contributed by atoms with Crippen molar-refractivity contribution < 1.29 is 9.53 Å². The molecule has 1 spiro atoms. The number of aromatic amines is 1. The van der Waals surface area contributed by atoms with E-state index in [0.717, 1.165) is 118 Å². The van der Waals surface area contributed by atoms with Crippen LogP contribution in [0, 0.1) is 18.3 Å². The highest BCUT2D eigenvalue weighted by molar-refractivity contribution is 6.45. The summed E-state index contributed by atoms with van der Waals surface area (Å²) < 4.78 is 7.69. The second kappa shape index (κ2) is 12.0. The van der Waals surface area contributed by atoms with E-state index in [2.05, 4.69) is 63.9 Å². The molecule has 4 saturated heterocycles. The fraction of sp³-hybridized carbons (Fsp3) is 0.639. The molecule has 1 N–H and O–H groups in total. The molecule has 48 heavy (non-hydrogen) atoms. The topological polar surface area (TPSA) is 85.8 Å². The number of halogens is 2. The highest BCUT2D eigenvalue weighted by Gasteiger charge is 2.59. The SMILES string of the molecule is C=CC(=O)N1CC2(CC(n3nc(N4CC[C@@H](CN5CCN(C6COC6)CC5)CC4(C)C)c(-c4c(Cl)c(Cl)cc5[nH]ncc45)c3C)C2)C1C. The van der Waals surface area contributed by atoms with Crippen molar-refractivity contribution in [2.24, 2.45) is 11.3 Å². The molecule has 8 rings (SSSR count). The zero-order chi connectivity index (χ0) is 33.5. The molecule has 1 amide bonds. The van der Waals surface area contributed by atoms with Gasteiger partial charge in [0.25, 0.3) is 0 Å². The quantitative estimate of drug-likeness (QED) is 0.314. The van der Waals surface area contributed by atoms with Gasteiger partial charge in [-0.25, -0.2) is 0 Å². The van der Waals surface area contributed by atoms with E-state index in [-0.39, 0.29) is 28.9 Å². The Bertz CT molecular complexity index is 1730. The molecule has 3 aromatic rings. The van der Waals surface area contributed by atoms with E-state index in [9.17, 15) is 4.79 Å². The zero-order valence-corrected chi connectivity index (χ0v) is 30.2. The molecular weight excluding hydrogens is 647 g/mol. The zero-order valence-electron chi connectivity index (χ0n) is 28.6. The third-order valence-corrected chi connectivity index (χ3v) is 13.3. The van der Waals surface area contributed by atoms with E-state index in [1.54, 1.807) is 0 Å². The third-order valence-electron chi connectivity index (χ3n) is 12.5. The first kappa shape index (κ1) is 32.6. The van der Waals surface area contributed by atoms with Crippen LogP contribution in [0.4, 0.5) is 5.82 Å². The molecule has 4 aliphatic heterocycles. The number of piperidine rings is 1. The van der Waals surface area contributed by atoms with Gasteiger partial charge >= 0.3 is 0 Å². The molecule has 258 valence electrons. The molecule has 5 fully saturated rings. The van der Waals surface area contributed by atoms with Crippen molar-refractivity contribution >= 4 is 45.8 Å². The van der Waals surface area contributed by atoms with Crippen LogP contribution in [0.15, 0.2) is 24.9 Å². The molecule has 5 aliphatic rings. The van der Waals surface area contributed by atoms with Crippen LogP contribution in [0.5, 0.6) is 0 Å². The Hall–Kier alpha value is -2.63. The molecule has 2 atom stereocenters. The lowest BCUT2D eigenvalue weighted by Crippen LogP contribution is -2.69. The van der Waals surface area contributed by atoms with E-state index in [1.807, 2.05) is 17.2 Å². The average Bonchev–Trinajstić information content (AvgIpc) is 3.60. The summed E-state index contributed by atoms with van der Waals surface area (Å²) in [6.07, 6.45) is 7.48. The number of aromatic nitrogens is 4. The summed E-state index contributed by atoms with van der Waals surface area (Å²) in [5.41, 5.74) is 3.93. The van der Waals surface area contributed by atoms with Gasteiger partial charge in [-0.2, -0.15) is 10.2 Å². The predicted molar refractivity (Wildman–Crippen MR) is 191 cm³/mol. The molecule has 10 nitrogen and oxygen atoms in total. The van der Waals surface area contributed by atoms with E-state index in [4.69, 9.17) is 33.0 Å². The lowest BCUT2D eigenvalue weighted by atomic mass is 9.56. The molecule has 1 aliphatic carbocycles. The van der Waals surface area contributed by atoms with Crippen molar-refractivity contribution in [2.75, 3.05) is 63.9 Å². The van der Waals surface area contributed by atoms with Crippen LogP contribution in [0.1, 0.15) is 58.2 Å². The molecular formula is C36H48Cl2N8O2. The second-order valence-electron chi connectivity index (χ2n) is 15.7. The monoisotopic (exact) mass is 694 g/mol. The van der Waals surface area contributed by atoms with Crippen LogP contribution in [-0.4, -0.2) is 117 Å². The number of carbonyl (C=O) groups is 1. The Morgan fingerprint density at radius 3 is 2.50 bits per heavy atom. The molecule has 2 aromatic heterocycles. The summed E-state index contributed by atoms with van der Waals surface area (Å²) >= 11 is 13.9. The van der Waals surface area contributed by atoms with Crippen molar-refractivity contribution in [3.8, 4) is 11.1 Å². The van der Waals surface area contributed by atoms with Crippen molar-refractivity contribution in [3.63, 3.8) is 0 Å². The lowest BCUT2D eigenvalue weighted by molar-refractivity contribution is -0.167. The van der Waals surface area contributed by atoms with Crippen molar-refractivity contribution in [2.45, 2.75) is 77.0 Å². The number of nitrogens with zero attached hydrogens (tertiary/aromatic N) is 7. The summed E-state index contributed by atoms with van der Waals surface area (Å²) in [5, 5.41) is 14.9. The molecule has 0 bridgehead atoms. The van der Waals surface area contributed by atoms with Gasteiger partial charge < -0.3 is 19.4 Å². The number of hydrogen-bond acceptors (Lipinski definition) is 7. The Kier molecular flexibility index (Phi) is 8.15. The number of benzene rings is 1. The standard InChI is InChI=1S/C36H48Cl2N8O2/c1-6-30(47)44-21-36(23(44)3)15-25(16-36)46-22(2)31(32-27-17-39-40-29(27)13-28(37)33(32)38)34(41-46)45-8-7-24(14-35(45,4)5)18-42-9-11-43(12-10-42)26-19-48-20-26/h6,13,17,23-26H,1,7-12,14-16,18-21H2,2-5H3,(H,39,40)/t23?,24-,25?,36?/m1/s1. The van der Waals surface area contributed by atoms with E-state index in [0.29, 0.717) is 22.0 Å². The van der Waals surface area contributed by atoms with E-state index in [1.165, 1.54) is 6.08 Å². The minimum atomic E-state index is -0.107. The number of fused-ring (bicyclic) bond motifs is 1. The van der Waals surface area contributed by atoms with Crippen LogP contribution in [0.3, 0.4) is 0 Å². The fourth-order valence-corrected chi connectivity index (χ4v) is 10.00. The van der Waals surface area contributed by atoms with Crippen LogP contribution < -0.4 is 4.90 Å². The highest BCUT2D eigenvalue weighted by atomic mass is 35.5. The van der Waals surface area contributed by atoms with E-state index >= 15 is 0 Å². The third kappa shape index (κ3) is 5.20. The number of ether oxygens (including phenoxy) is 1. The first-order chi connectivity index (χ1) is 23.0. The van der Waals surface area contributed by atoms with Gasteiger partial charge in [0, 0.05) is 85.0 Å². The first-order valence-electron chi connectivity index (χ1n) is 17.6. The van der Waals surface area contributed by atoms with Crippen molar-refractivity contribution in [1.82, 2.24) is 34.7 Å². The van der Waals surface area contributed by atoms with Gasteiger partial charge in [0.05, 0.1) is 47.1 Å². The molecule has 1 saturated carbocycles. The largest absolute Gasteiger partial charge is 0.378 e. The Labute approximate surface area is 293 Å². The number of rotatable bonds is 7. The molecule has 12 heteroatoms. The smallest absolute Gasteiger partial charge is 0.246 e. The fourth-order valence-electron chi connectivity index (χ4n) is 9.54. The minimum absolute atomic E-state index is 0.0211. The van der Waals surface area contributed by atoms with Crippen LogP contribution >= 0.6 is 23.2 Å². The average molecular weight is 696 g/mol. The lowest BCUT2D eigenvalue weighted by Gasteiger charge is -2.63. The first-order valence-corrected chi connectivity index (χ1v) is 18.4. The number of nitrogens with one attached hydrogen (secondary N) is 1. The summed E-state index contributed by atoms with van der Waals surface area (Å²) in [6, 6.07) is 2.94. The van der Waals surface area contributed by atoms with Gasteiger partial charge in [-0.05, 0) is 71.4 Å². The Morgan fingerprint density at radius 2 is 1.85 bits per heavy atom. The number of anilines is 1. The molecule has 6 heterocycles. The summed E-state index contributed by atoms with van der Waals surface area (Å²) in [6.45, 7) is 22.0. The Morgan fingerprint density at radius 1 is 1.10 bits per heavy atom. The van der Waals surface area contributed by atoms with Gasteiger partial charge in [-0.15, -0.1) is 0 Å². The number of H-pyrrole nitrogens is 1. The maximum absolute atomic E-state index is 12.4. The summed E-state index contributed by atoms with van der Waals surface area (Å²) in [7, 11) is 0. The van der Waals surface area contributed by atoms with Crippen molar-refractivity contribution in [1.29, 1.82) is 0 Å². The number of piperazine rings is 1. The van der Waals surface area contributed by atoms with Crippen LogP contribution in [0.25, 0.3) is 22.0 Å². The van der Waals surface area contributed by atoms with Gasteiger partial charge in [0.1, 0.15) is 0 Å². The van der Waals surface area contributed by atoms with Gasteiger partial charge in [-0.3, -0.25) is 19.5 Å². The molecule has 1 unspecified atom stereocenters. The maximum Gasteiger partial charge on any atom is 0.246 e. The summed E-state index contributed by atoms with van der Waals surface area (Å²) in [4.78, 5) is 22.1. The van der Waals surface area contributed by atoms with Gasteiger partial charge in [0.2, 0.25) is 5.91 Å². The molecule has 0 radical (unpaired) electrons. The number of carbonyl (C=O) groups excluding carboxylic acids is 1. The Balaban J connectivity index is 1.07. The van der Waals surface area contributed by atoms with Crippen molar-refractivity contribution in [3.05, 3.63) is 40.7 Å². The minimum Gasteiger partial charge on any atom is -0.378 e. The maximum atomic E-state index is 12.4. The second-order valence-corrected chi connectivity index (χ2v) is 16.5. The van der Waals surface area contributed by atoms with Crippen LogP contribution in [0.2, 0.25) is 10.0 Å². The van der Waals surface area contributed by atoms with Gasteiger partial charge in [-0.1, -0.05) is 29.8 Å². The predicted octanol–water partition coefficient (Wildman–Crippen LogP) is 5.79. The molecule has 1 aromatic carbocycles. The summed E-state index contributed by atoms with van der Waals surface area (Å²) in [5.74, 6) is 1.63. The number of hydrogen-bond donors (Lipinski definition) is 1. The van der Waals surface area contributed by atoms with Crippen LogP contribution in [-0.2, 0) is 9.53 Å².